The van der Waals surface area contributed by atoms with Crippen molar-refractivity contribution in [3.63, 3.8) is 0 Å². The van der Waals surface area contributed by atoms with Crippen LogP contribution in [0, 0.1) is 20.8 Å². The zero-order chi connectivity index (χ0) is 12.4. The van der Waals surface area contributed by atoms with E-state index in [9.17, 15) is 0 Å². The number of nitrogens with zero attached hydrogens (tertiary/aromatic N) is 2. The third-order valence-electron chi connectivity index (χ3n) is 2.41. The van der Waals surface area contributed by atoms with Crippen molar-refractivity contribution in [2.24, 2.45) is 0 Å². The molecular weight excluding hydrogens is 214 g/mol. The van der Waals surface area contributed by atoms with Gasteiger partial charge < -0.3 is 10.5 Å². The van der Waals surface area contributed by atoms with E-state index in [0.29, 0.717) is 11.8 Å². The maximum absolute atomic E-state index is 5.74. The highest BCUT2D eigenvalue weighted by Gasteiger charge is 2.03. The van der Waals surface area contributed by atoms with E-state index in [-0.39, 0.29) is 0 Å². The average molecular weight is 229 g/mol. The minimum absolute atomic E-state index is 0.367. The molecule has 0 unspecified atom stereocenters. The van der Waals surface area contributed by atoms with E-state index in [0.717, 1.165) is 22.6 Å². The van der Waals surface area contributed by atoms with Crippen LogP contribution >= 0.6 is 0 Å². The molecule has 0 saturated heterocycles. The molecule has 4 heteroatoms. The second-order valence-corrected chi connectivity index (χ2v) is 4.05. The number of hydrogen-bond donors (Lipinski definition) is 1. The number of rotatable bonds is 2. The van der Waals surface area contributed by atoms with Crippen LogP contribution in [-0.4, -0.2) is 9.97 Å². The summed E-state index contributed by atoms with van der Waals surface area (Å²) in [6.07, 6.45) is 0. The Morgan fingerprint density at radius 3 is 2.24 bits per heavy atom. The molecule has 0 amide bonds. The van der Waals surface area contributed by atoms with E-state index < -0.39 is 0 Å². The summed E-state index contributed by atoms with van der Waals surface area (Å²) >= 11 is 0. The Kier molecular flexibility index (Phi) is 2.95. The third-order valence-corrected chi connectivity index (χ3v) is 2.41. The molecule has 0 saturated carbocycles. The Morgan fingerprint density at radius 1 is 1.00 bits per heavy atom. The Morgan fingerprint density at radius 2 is 1.65 bits per heavy atom. The molecule has 2 aromatic rings. The van der Waals surface area contributed by atoms with Gasteiger partial charge in [-0.25, -0.2) is 9.97 Å². The molecule has 1 aromatic heterocycles. The van der Waals surface area contributed by atoms with Gasteiger partial charge in [-0.05, 0) is 50.6 Å². The van der Waals surface area contributed by atoms with Crippen LogP contribution in [-0.2, 0) is 0 Å². The number of nitrogens with two attached hydrogens (primary N) is 1. The fourth-order valence-electron chi connectivity index (χ4n) is 1.56. The van der Waals surface area contributed by atoms with Gasteiger partial charge in [0.05, 0.1) is 0 Å². The number of anilines is 1. The molecule has 1 aromatic carbocycles. The number of hydrogen-bond acceptors (Lipinski definition) is 4. The van der Waals surface area contributed by atoms with Crippen LogP contribution in [0.4, 0.5) is 5.69 Å². The van der Waals surface area contributed by atoms with Crippen LogP contribution in [0.5, 0.6) is 11.8 Å². The molecule has 0 aliphatic heterocycles. The van der Waals surface area contributed by atoms with Gasteiger partial charge in [0.2, 0.25) is 0 Å². The molecule has 0 bridgehead atoms. The van der Waals surface area contributed by atoms with Gasteiger partial charge in [-0.15, -0.1) is 0 Å². The summed E-state index contributed by atoms with van der Waals surface area (Å²) in [7, 11) is 0. The Hall–Kier alpha value is -2.10. The second-order valence-electron chi connectivity index (χ2n) is 4.05. The molecule has 0 radical (unpaired) electrons. The molecule has 0 atom stereocenters. The lowest BCUT2D eigenvalue weighted by molar-refractivity contribution is 0.438. The lowest BCUT2D eigenvalue weighted by Crippen LogP contribution is -1.96. The maximum Gasteiger partial charge on any atom is 0.322 e. The van der Waals surface area contributed by atoms with Crippen molar-refractivity contribution in [3.05, 3.63) is 41.2 Å². The van der Waals surface area contributed by atoms with Gasteiger partial charge in [0.25, 0.3) is 0 Å². The normalized spacial score (nSPS) is 10.3. The summed E-state index contributed by atoms with van der Waals surface area (Å²) in [5.74, 6) is 0.696. The Labute approximate surface area is 100 Å². The van der Waals surface area contributed by atoms with E-state index in [1.807, 2.05) is 45.0 Å². The maximum atomic E-state index is 5.74. The van der Waals surface area contributed by atoms with E-state index in [2.05, 4.69) is 9.97 Å². The van der Waals surface area contributed by atoms with Gasteiger partial charge in [-0.3, -0.25) is 0 Å². The molecule has 0 aliphatic carbocycles. The van der Waals surface area contributed by atoms with Crippen molar-refractivity contribution in [2.45, 2.75) is 20.8 Å². The fourth-order valence-corrected chi connectivity index (χ4v) is 1.56. The first-order valence-electron chi connectivity index (χ1n) is 5.41. The molecular formula is C13H15N3O. The quantitative estimate of drug-likeness (QED) is 0.804. The highest BCUT2D eigenvalue weighted by molar-refractivity contribution is 5.49. The smallest absolute Gasteiger partial charge is 0.322 e. The minimum Gasteiger partial charge on any atom is -0.424 e. The highest BCUT2D eigenvalue weighted by Crippen LogP contribution is 2.22. The lowest BCUT2D eigenvalue weighted by atomic mass is 10.2. The molecule has 88 valence electrons. The fraction of sp³-hybridized carbons (Fsp3) is 0.231. The van der Waals surface area contributed by atoms with E-state index in [1.165, 1.54) is 0 Å². The lowest BCUT2D eigenvalue weighted by Gasteiger charge is -2.07. The van der Waals surface area contributed by atoms with Crippen molar-refractivity contribution in [3.8, 4) is 11.8 Å². The Balaban J connectivity index is 2.28. The standard InChI is InChI=1S/C13H15N3O/c1-8-6-11(4-5-12(8)14)17-13-15-9(2)7-10(3)16-13/h4-7H,14H2,1-3H3. The zero-order valence-electron chi connectivity index (χ0n) is 10.2. The van der Waals surface area contributed by atoms with Crippen molar-refractivity contribution in [2.75, 3.05) is 5.73 Å². The summed E-state index contributed by atoms with van der Waals surface area (Å²) in [6, 6.07) is 7.76. The molecule has 0 fully saturated rings. The predicted octanol–water partition coefficient (Wildman–Crippen LogP) is 2.78. The van der Waals surface area contributed by atoms with Gasteiger partial charge in [0.15, 0.2) is 0 Å². The minimum atomic E-state index is 0.367. The summed E-state index contributed by atoms with van der Waals surface area (Å²) < 4.78 is 5.60. The van der Waals surface area contributed by atoms with E-state index in [1.54, 1.807) is 0 Å². The van der Waals surface area contributed by atoms with E-state index >= 15 is 0 Å². The third kappa shape index (κ3) is 2.72. The van der Waals surface area contributed by atoms with Crippen LogP contribution in [0.1, 0.15) is 17.0 Å². The number of benzene rings is 1. The van der Waals surface area contributed by atoms with Crippen molar-refractivity contribution in [1.29, 1.82) is 0 Å². The highest BCUT2D eigenvalue weighted by atomic mass is 16.5. The SMILES string of the molecule is Cc1cc(C)nc(Oc2ccc(N)c(C)c2)n1. The number of ether oxygens (including phenoxy) is 1. The van der Waals surface area contributed by atoms with Crippen LogP contribution in [0.2, 0.25) is 0 Å². The molecule has 1 heterocycles. The van der Waals surface area contributed by atoms with Crippen molar-refractivity contribution < 1.29 is 4.74 Å². The van der Waals surface area contributed by atoms with Crippen LogP contribution < -0.4 is 10.5 Å². The van der Waals surface area contributed by atoms with Crippen LogP contribution in [0.15, 0.2) is 24.3 Å². The van der Waals surface area contributed by atoms with Crippen LogP contribution in [0.25, 0.3) is 0 Å². The molecule has 17 heavy (non-hydrogen) atoms. The summed E-state index contributed by atoms with van der Waals surface area (Å²) in [4.78, 5) is 8.43. The number of aromatic nitrogens is 2. The molecule has 2 N–H and O–H groups in total. The number of nitrogen functional groups attached to an aromatic ring is 1. The van der Waals surface area contributed by atoms with Crippen LogP contribution in [0.3, 0.4) is 0 Å². The average Bonchev–Trinajstić information content (AvgIpc) is 2.22. The first-order chi connectivity index (χ1) is 8.04. The second kappa shape index (κ2) is 4.41. The first kappa shape index (κ1) is 11.4. The summed E-state index contributed by atoms with van der Waals surface area (Å²) in [6.45, 7) is 5.76. The predicted molar refractivity (Wildman–Crippen MR) is 67.2 cm³/mol. The monoisotopic (exact) mass is 229 g/mol. The van der Waals surface area contributed by atoms with Crippen molar-refractivity contribution in [1.82, 2.24) is 9.97 Å². The van der Waals surface area contributed by atoms with Crippen molar-refractivity contribution >= 4 is 5.69 Å². The summed E-state index contributed by atoms with van der Waals surface area (Å²) in [5.41, 5.74) is 9.25. The van der Waals surface area contributed by atoms with Gasteiger partial charge in [-0.2, -0.15) is 0 Å². The van der Waals surface area contributed by atoms with Gasteiger partial charge >= 0.3 is 6.01 Å². The molecule has 4 nitrogen and oxygen atoms in total. The molecule has 0 aliphatic rings. The first-order valence-corrected chi connectivity index (χ1v) is 5.41. The zero-order valence-corrected chi connectivity index (χ0v) is 10.2. The van der Waals surface area contributed by atoms with E-state index in [4.69, 9.17) is 10.5 Å². The van der Waals surface area contributed by atoms with Gasteiger partial charge in [-0.1, -0.05) is 0 Å². The van der Waals surface area contributed by atoms with Gasteiger partial charge in [0.1, 0.15) is 5.75 Å². The number of aryl methyl sites for hydroxylation is 3. The van der Waals surface area contributed by atoms with Gasteiger partial charge in [0, 0.05) is 17.1 Å². The Bertz CT molecular complexity index is 532. The summed E-state index contributed by atoms with van der Waals surface area (Å²) in [5, 5.41) is 0. The largest absolute Gasteiger partial charge is 0.424 e. The topological polar surface area (TPSA) is 61.0 Å². The molecule has 0 spiro atoms. The molecule has 2 rings (SSSR count).